The van der Waals surface area contributed by atoms with Gasteiger partial charge in [-0.3, -0.25) is 0 Å². The number of benzene rings is 2. The molecule has 1 N–H and O–H groups in total. The summed E-state index contributed by atoms with van der Waals surface area (Å²) in [5, 5.41) is 8.29. The van der Waals surface area contributed by atoms with E-state index in [0.29, 0.717) is 34.6 Å². The van der Waals surface area contributed by atoms with Crippen molar-refractivity contribution in [3.8, 4) is 23.1 Å². The Kier molecular flexibility index (Phi) is 6.34. The molecule has 38 heavy (non-hydrogen) atoms. The normalized spacial score (nSPS) is 14.6. The lowest BCUT2D eigenvalue weighted by Crippen LogP contribution is -2.35. The van der Waals surface area contributed by atoms with Crippen LogP contribution in [0.3, 0.4) is 0 Å². The van der Waals surface area contributed by atoms with Crippen LogP contribution in [0.5, 0.6) is 23.1 Å². The van der Waals surface area contributed by atoms with Crippen LogP contribution in [0.15, 0.2) is 55.4 Å². The highest BCUT2D eigenvalue weighted by atomic mass is 16.5. The van der Waals surface area contributed by atoms with Gasteiger partial charge in [-0.15, -0.1) is 0 Å². The zero-order valence-corrected chi connectivity index (χ0v) is 21.5. The van der Waals surface area contributed by atoms with Gasteiger partial charge in [-0.2, -0.15) is 5.10 Å². The monoisotopic (exact) mass is 512 g/mol. The van der Waals surface area contributed by atoms with Crippen LogP contribution in [0.1, 0.15) is 18.4 Å². The molecule has 2 aromatic carbocycles. The zero-order chi connectivity index (χ0) is 26.1. The minimum atomic E-state index is 0.100. The standard InChI is InChI=1S/C27H28N8O3/c1-17-12-18(4-6-21(17)38-24-13-23-29-15-32-35(23)16-31-24)33-27-25-20(28-14-30-27)5-7-22(36-3)26(25)37-19-8-10-34(2)11-9-19/h4-7,12-16,19H,8-11H2,1-3H3,(H,28,30,33). The summed E-state index contributed by atoms with van der Waals surface area (Å²) in [4.78, 5) is 19.8. The summed E-state index contributed by atoms with van der Waals surface area (Å²) in [6.45, 7) is 3.97. The van der Waals surface area contributed by atoms with Crippen molar-refractivity contribution in [1.29, 1.82) is 0 Å². The second-order valence-corrected chi connectivity index (χ2v) is 9.33. The van der Waals surface area contributed by atoms with Crippen molar-refractivity contribution in [3.63, 3.8) is 0 Å². The number of rotatable bonds is 7. The third-order valence-corrected chi connectivity index (χ3v) is 6.69. The van der Waals surface area contributed by atoms with Gasteiger partial charge >= 0.3 is 0 Å². The second kappa shape index (κ2) is 10.1. The predicted molar refractivity (Wildman–Crippen MR) is 143 cm³/mol. The van der Waals surface area contributed by atoms with Gasteiger partial charge in [0.2, 0.25) is 5.88 Å². The molecule has 4 heterocycles. The van der Waals surface area contributed by atoms with Gasteiger partial charge in [0.15, 0.2) is 17.1 Å². The van der Waals surface area contributed by atoms with Crippen LogP contribution in [-0.4, -0.2) is 67.8 Å². The molecule has 0 aliphatic carbocycles. The lowest BCUT2D eigenvalue weighted by molar-refractivity contribution is 0.112. The first-order chi connectivity index (χ1) is 18.6. The van der Waals surface area contributed by atoms with E-state index in [1.807, 2.05) is 37.3 Å². The molecule has 11 heteroatoms. The fraction of sp³-hybridized carbons (Fsp3) is 0.296. The molecule has 5 aromatic rings. The van der Waals surface area contributed by atoms with Gasteiger partial charge in [0.05, 0.1) is 18.0 Å². The van der Waals surface area contributed by atoms with Crippen LogP contribution in [0.2, 0.25) is 0 Å². The molecular weight excluding hydrogens is 484 g/mol. The maximum absolute atomic E-state index is 6.54. The molecule has 0 saturated carbocycles. The highest BCUT2D eigenvalue weighted by Gasteiger charge is 2.23. The molecule has 0 bridgehead atoms. The Bertz CT molecular complexity index is 1600. The topological polar surface area (TPSA) is 112 Å². The van der Waals surface area contributed by atoms with E-state index < -0.39 is 0 Å². The number of nitrogens with one attached hydrogen (secondary N) is 1. The van der Waals surface area contributed by atoms with E-state index in [0.717, 1.165) is 48.1 Å². The van der Waals surface area contributed by atoms with Crippen LogP contribution in [0, 0.1) is 6.92 Å². The molecule has 3 aromatic heterocycles. The van der Waals surface area contributed by atoms with Crippen molar-refractivity contribution in [1.82, 2.24) is 34.4 Å². The second-order valence-electron chi connectivity index (χ2n) is 9.33. The molecule has 0 unspecified atom stereocenters. The largest absolute Gasteiger partial charge is 0.493 e. The molecule has 6 rings (SSSR count). The molecular formula is C27H28N8O3. The van der Waals surface area contributed by atoms with Gasteiger partial charge in [-0.1, -0.05) is 0 Å². The summed E-state index contributed by atoms with van der Waals surface area (Å²) in [5.41, 5.74) is 3.22. The number of ether oxygens (including phenoxy) is 3. The SMILES string of the molecule is COc1ccc2ncnc(Nc3ccc(Oc4cc5ncnn5cn4)c(C)c3)c2c1OC1CCN(C)CC1. The summed E-state index contributed by atoms with van der Waals surface area (Å²) in [5.74, 6) is 3.09. The number of fused-ring (bicyclic) bond motifs is 2. The van der Waals surface area contributed by atoms with Crippen molar-refractivity contribution in [3.05, 3.63) is 60.9 Å². The van der Waals surface area contributed by atoms with E-state index in [4.69, 9.17) is 14.2 Å². The van der Waals surface area contributed by atoms with E-state index in [1.54, 1.807) is 30.3 Å². The highest BCUT2D eigenvalue weighted by molar-refractivity contribution is 5.97. The average molecular weight is 513 g/mol. The van der Waals surface area contributed by atoms with Crippen molar-refractivity contribution < 1.29 is 14.2 Å². The lowest BCUT2D eigenvalue weighted by Gasteiger charge is -2.30. The number of anilines is 2. The van der Waals surface area contributed by atoms with E-state index in [2.05, 4.69) is 42.3 Å². The number of nitrogens with zero attached hydrogens (tertiary/aromatic N) is 7. The molecule has 1 aliphatic rings. The van der Waals surface area contributed by atoms with Gasteiger partial charge in [0.25, 0.3) is 0 Å². The summed E-state index contributed by atoms with van der Waals surface area (Å²) < 4.78 is 19.8. The number of hydrogen-bond donors (Lipinski definition) is 1. The van der Waals surface area contributed by atoms with Gasteiger partial charge < -0.3 is 24.4 Å². The van der Waals surface area contributed by atoms with Crippen molar-refractivity contribution >= 4 is 28.1 Å². The van der Waals surface area contributed by atoms with E-state index >= 15 is 0 Å². The summed E-state index contributed by atoms with van der Waals surface area (Å²) >= 11 is 0. The van der Waals surface area contributed by atoms with Crippen molar-refractivity contribution in [2.75, 3.05) is 32.6 Å². The third-order valence-electron chi connectivity index (χ3n) is 6.69. The number of hydrogen-bond acceptors (Lipinski definition) is 10. The van der Waals surface area contributed by atoms with Gasteiger partial charge in [0, 0.05) is 24.8 Å². The van der Waals surface area contributed by atoms with E-state index in [1.165, 1.54) is 6.33 Å². The lowest BCUT2D eigenvalue weighted by atomic mass is 10.1. The fourth-order valence-corrected chi connectivity index (χ4v) is 4.60. The maximum Gasteiger partial charge on any atom is 0.224 e. The molecule has 0 amide bonds. The first-order valence-electron chi connectivity index (χ1n) is 12.4. The molecule has 1 aliphatic heterocycles. The van der Waals surface area contributed by atoms with Gasteiger partial charge in [-0.25, -0.2) is 24.5 Å². The Hall–Kier alpha value is -4.51. The number of methoxy groups -OCH3 is 1. The van der Waals surface area contributed by atoms with Crippen LogP contribution >= 0.6 is 0 Å². The predicted octanol–water partition coefficient (Wildman–Crippen LogP) is 4.39. The van der Waals surface area contributed by atoms with Crippen molar-refractivity contribution in [2.45, 2.75) is 25.9 Å². The molecule has 1 fully saturated rings. The first kappa shape index (κ1) is 23.9. The summed E-state index contributed by atoms with van der Waals surface area (Å²) in [6.07, 6.45) is 6.60. The van der Waals surface area contributed by atoms with Gasteiger partial charge in [-0.05, 0) is 62.7 Å². The maximum atomic E-state index is 6.54. The Morgan fingerprint density at radius 2 is 1.79 bits per heavy atom. The molecule has 1 saturated heterocycles. The zero-order valence-electron chi connectivity index (χ0n) is 21.5. The summed E-state index contributed by atoms with van der Waals surface area (Å²) in [6, 6.07) is 11.4. The van der Waals surface area contributed by atoms with Crippen LogP contribution in [-0.2, 0) is 0 Å². The number of aryl methyl sites for hydroxylation is 1. The average Bonchev–Trinajstić information content (AvgIpc) is 3.40. The number of likely N-dealkylation sites (tertiary alicyclic amines) is 1. The Morgan fingerprint density at radius 3 is 2.61 bits per heavy atom. The third kappa shape index (κ3) is 4.75. The molecule has 0 atom stereocenters. The highest BCUT2D eigenvalue weighted by Crippen LogP contribution is 2.40. The first-order valence-corrected chi connectivity index (χ1v) is 12.4. The molecule has 0 spiro atoms. The van der Waals surface area contributed by atoms with Gasteiger partial charge in [0.1, 0.15) is 36.7 Å². The fourth-order valence-electron chi connectivity index (χ4n) is 4.60. The van der Waals surface area contributed by atoms with Crippen LogP contribution in [0.25, 0.3) is 16.6 Å². The minimum absolute atomic E-state index is 0.100. The minimum Gasteiger partial charge on any atom is -0.493 e. The quantitative estimate of drug-likeness (QED) is 0.337. The number of piperidine rings is 1. The van der Waals surface area contributed by atoms with Crippen LogP contribution < -0.4 is 19.5 Å². The molecule has 194 valence electrons. The van der Waals surface area contributed by atoms with Crippen molar-refractivity contribution in [2.24, 2.45) is 0 Å². The molecule has 11 nitrogen and oxygen atoms in total. The molecule has 0 radical (unpaired) electrons. The Balaban J connectivity index is 1.29. The number of aromatic nitrogens is 6. The Labute approximate surface area is 219 Å². The Morgan fingerprint density at radius 1 is 0.947 bits per heavy atom. The summed E-state index contributed by atoms with van der Waals surface area (Å²) in [7, 11) is 3.78. The van der Waals surface area contributed by atoms with E-state index in [9.17, 15) is 0 Å². The smallest absolute Gasteiger partial charge is 0.224 e. The van der Waals surface area contributed by atoms with Crippen LogP contribution in [0.4, 0.5) is 11.5 Å². The van der Waals surface area contributed by atoms with E-state index in [-0.39, 0.29) is 6.10 Å².